The van der Waals surface area contributed by atoms with Crippen molar-refractivity contribution in [1.29, 1.82) is 0 Å². The van der Waals surface area contributed by atoms with Crippen molar-refractivity contribution in [3.8, 4) is 0 Å². The van der Waals surface area contributed by atoms with Crippen LogP contribution in [-0.4, -0.2) is 119 Å². The normalized spacial score (nSPS) is 29.4. The van der Waals surface area contributed by atoms with E-state index in [1.165, 1.54) is 13.8 Å². The summed E-state index contributed by atoms with van der Waals surface area (Å²) in [6.07, 6.45) is -0.201. The maximum atomic E-state index is 13.6. The maximum Gasteiger partial charge on any atom is 0.350 e. The number of ketones is 1. The number of fused-ring (bicyclic) bond motifs is 2. The number of likely N-dealkylation sites (tertiary alicyclic amines) is 1. The molecule has 0 radical (unpaired) electrons. The van der Waals surface area contributed by atoms with E-state index in [0.29, 0.717) is 29.1 Å². The zero-order chi connectivity index (χ0) is 29.8. The van der Waals surface area contributed by atoms with Gasteiger partial charge in [0.1, 0.15) is 6.54 Å². The second-order valence-electron chi connectivity index (χ2n) is 11.9. The molecule has 3 fully saturated rings. The Morgan fingerprint density at radius 2 is 2.05 bits per heavy atom. The molecule has 6 rings (SSSR count). The van der Waals surface area contributed by atoms with Gasteiger partial charge in [0.2, 0.25) is 17.3 Å². The van der Waals surface area contributed by atoms with Gasteiger partial charge in [-0.1, -0.05) is 5.16 Å². The third kappa shape index (κ3) is 5.16. The zero-order valence-corrected chi connectivity index (χ0v) is 24.9. The van der Waals surface area contributed by atoms with Crippen molar-refractivity contribution in [2.24, 2.45) is 22.9 Å². The minimum atomic E-state index is -1.71. The number of nitrogens with one attached hydrogen (secondary N) is 1. The summed E-state index contributed by atoms with van der Waals surface area (Å²) in [6.45, 7) is 7.54. The predicted molar refractivity (Wildman–Crippen MR) is 151 cm³/mol. The molecule has 16 nitrogen and oxygen atoms in total. The number of nitrogen functional groups attached to an aromatic ring is 1. The molecule has 5 atom stereocenters. The number of carboxylic acid groups (broad SMARTS) is 1. The number of carbonyl (C=O) groups is 3. The lowest BCUT2D eigenvalue weighted by atomic mass is 9.89. The Hall–Kier alpha value is -3.48. The van der Waals surface area contributed by atoms with Crippen molar-refractivity contribution < 1.29 is 28.8 Å². The molecule has 18 heteroatoms. The summed E-state index contributed by atoms with van der Waals surface area (Å²) in [5.41, 5.74) is 5.40. The van der Waals surface area contributed by atoms with Crippen LogP contribution >= 0.6 is 23.3 Å². The lowest BCUT2D eigenvalue weighted by Gasteiger charge is -2.51. The molecule has 2 aromatic heterocycles. The van der Waals surface area contributed by atoms with Gasteiger partial charge in [-0.2, -0.15) is 14.6 Å². The number of hydrogen-bond donors (Lipinski definition) is 3. The average Bonchev–Trinajstić information content (AvgIpc) is 3.73. The lowest BCUT2D eigenvalue weighted by molar-refractivity contribution is -0.895. The summed E-state index contributed by atoms with van der Waals surface area (Å²) in [5.74, 6) is -0.599. The van der Waals surface area contributed by atoms with E-state index < -0.39 is 23.3 Å². The fourth-order valence-electron chi connectivity index (χ4n) is 6.25. The van der Waals surface area contributed by atoms with Crippen LogP contribution in [0.4, 0.5) is 5.13 Å². The molecule has 0 aromatic carbocycles. The molecule has 0 bridgehead atoms. The first kappa shape index (κ1) is 28.6. The van der Waals surface area contributed by atoms with E-state index in [1.807, 2.05) is 0 Å². The van der Waals surface area contributed by atoms with Crippen molar-refractivity contribution in [2.75, 3.05) is 51.3 Å². The second-order valence-corrected chi connectivity index (χ2v) is 13.8. The fourth-order valence-corrected chi connectivity index (χ4v) is 8.08. The van der Waals surface area contributed by atoms with E-state index in [0.717, 1.165) is 54.3 Å². The van der Waals surface area contributed by atoms with Gasteiger partial charge in [0.25, 0.3) is 0 Å². The molecular weight excluding hydrogens is 586 g/mol. The predicted octanol–water partition coefficient (Wildman–Crippen LogP) is -0.956. The number of carboxylic acids is 1. The number of nitrogens with two attached hydrogens (primary N) is 1. The smallest absolute Gasteiger partial charge is 0.350 e. The van der Waals surface area contributed by atoms with E-state index in [2.05, 4.69) is 47.5 Å². The molecule has 0 aliphatic carbocycles. The van der Waals surface area contributed by atoms with Gasteiger partial charge < -0.3 is 30.6 Å². The standard InChI is InChI=1S/C24H31N11O5S2/c1-24(2,22(38)39)40-30-16(18-27-23(25)42-31-18)15(36)4-14-20(37)34-17(19-28-32-33-29-19)13(10-41-21(14)34)9-35(3)7-11-5-26-6-12(11)8-35/h11-12,14,21,26H,4-10H2,1-3H3,(H3-,25,27,28,29,31,32,33,38,39)/b30-16+/t11-,12+,14-,21-,35?/m1/s1. The number of oxime groups is 1. The van der Waals surface area contributed by atoms with Crippen LogP contribution in [0.5, 0.6) is 0 Å². The molecular formula is C24H31N11O5S2. The number of Topliss-reactive ketones (excluding diaryl/α,β-unsaturated/α-hetero) is 1. The van der Waals surface area contributed by atoms with Gasteiger partial charge in [0.15, 0.2) is 16.6 Å². The molecule has 4 N–H and O–H groups in total. The number of aromatic nitrogens is 6. The molecule has 0 spiro atoms. The summed E-state index contributed by atoms with van der Waals surface area (Å²) >= 11 is 2.45. The van der Waals surface area contributed by atoms with Crippen molar-refractivity contribution in [3.05, 3.63) is 17.2 Å². The van der Waals surface area contributed by atoms with Gasteiger partial charge >= 0.3 is 5.97 Å². The number of aliphatic carboxylic acids is 1. The molecule has 3 saturated heterocycles. The van der Waals surface area contributed by atoms with E-state index in [1.54, 1.807) is 16.7 Å². The first-order chi connectivity index (χ1) is 20.0. The molecule has 224 valence electrons. The average molecular weight is 618 g/mol. The van der Waals surface area contributed by atoms with Crippen LogP contribution in [0.2, 0.25) is 0 Å². The number of amides is 1. The summed E-state index contributed by atoms with van der Waals surface area (Å²) in [6, 6.07) is 0. The monoisotopic (exact) mass is 617 g/mol. The zero-order valence-electron chi connectivity index (χ0n) is 23.3. The van der Waals surface area contributed by atoms with Crippen LogP contribution in [0, 0.1) is 17.8 Å². The SMILES string of the molecule is CC(C)(O/N=C(\C(=O)C[C@@H]1C(=O)N2C(c3nnn[n-]3)=C(C[N+]3(C)C[C@H]4CNC[C@H]4C3)CS[C@H]12)c1nsc(N)n1)C(=O)O. The highest BCUT2D eigenvalue weighted by Crippen LogP contribution is 2.48. The number of rotatable bonds is 10. The number of tetrazole rings is 1. The number of likely N-dealkylation sites (N-methyl/N-ethyl adjacent to an activating group) is 1. The number of hydrogen-bond acceptors (Lipinski definition) is 14. The molecule has 6 heterocycles. The van der Waals surface area contributed by atoms with Crippen LogP contribution in [0.25, 0.3) is 5.70 Å². The molecule has 0 saturated carbocycles. The Balaban J connectivity index is 1.23. The van der Waals surface area contributed by atoms with Crippen LogP contribution < -0.4 is 16.1 Å². The van der Waals surface area contributed by atoms with E-state index in [4.69, 9.17) is 10.6 Å². The number of quaternary nitrogens is 1. The molecule has 42 heavy (non-hydrogen) atoms. The minimum absolute atomic E-state index is 0.0867. The molecule has 1 amide bonds. The van der Waals surface area contributed by atoms with Crippen LogP contribution in [0.15, 0.2) is 10.7 Å². The summed E-state index contributed by atoms with van der Waals surface area (Å²) in [7, 11) is 2.26. The number of nitrogens with zero attached hydrogens (tertiary/aromatic N) is 9. The summed E-state index contributed by atoms with van der Waals surface area (Å²) in [5, 5.41) is 32.0. The maximum absolute atomic E-state index is 13.6. The fraction of sp³-hybridized carbons (Fsp3) is 0.625. The Labute approximate surface area is 248 Å². The highest BCUT2D eigenvalue weighted by atomic mass is 32.2. The Morgan fingerprint density at radius 3 is 2.67 bits per heavy atom. The quantitative estimate of drug-likeness (QED) is 0.127. The summed E-state index contributed by atoms with van der Waals surface area (Å²) in [4.78, 5) is 49.5. The third-order valence-corrected chi connectivity index (χ3v) is 10.2. The van der Waals surface area contributed by atoms with Crippen molar-refractivity contribution in [1.82, 2.24) is 40.2 Å². The van der Waals surface area contributed by atoms with Crippen molar-refractivity contribution in [3.63, 3.8) is 0 Å². The highest BCUT2D eigenvalue weighted by Gasteiger charge is 2.54. The lowest BCUT2D eigenvalue weighted by Crippen LogP contribution is -2.61. The van der Waals surface area contributed by atoms with Crippen LogP contribution in [-0.2, 0) is 19.2 Å². The van der Waals surface area contributed by atoms with Gasteiger partial charge in [-0.15, -0.1) is 11.8 Å². The van der Waals surface area contributed by atoms with Crippen LogP contribution in [0.3, 0.4) is 0 Å². The van der Waals surface area contributed by atoms with Gasteiger partial charge in [0.05, 0.1) is 43.0 Å². The van der Waals surface area contributed by atoms with Gasteiger partial charge in [-0.25, -0.2) is 4.79 Å². The van der Waals surface area contributed by atoms with Crippen molar-refractivity contribution in [2.45, 2.75) is 31.2 Å². The van der Waals surface area contributed by atoms with Gasteiger partial charge in [-0.3, -0.25) is 24.8 Å². The van der Waals surface area contributed by atoms with Gasteiger partial charge in [0, 0.05) is 54.2 Å². The van der Waals surface area contributed by atoms with Crippen molar-refractivity contribution >= 4 is 57.5 Å². The first-order valence-corrected chi connectivity index (χ1v) is 15.3. The number of β-lactam (4-membered cyclic amide) rings is 1. The molecule has 2 aromatic rings. The topological polar surface area (TPSA) is 213 Å². The Bertz CT molecular complexity index is 1460. The summed E-state index contributed by atoms with van der Waals surface area (Å²) < 4.78 is 4.93. The van der Waals surface area contributed by atoms with E-state index in [9.17, 15) is 19.5 Å². The minimum Gasteiger partial charge on any atom is -0.478 e. The Morgan fingerprint density at radius 1 is 1.31 bits per heavy atom. The van der Waals surface area contributed by atoms with E-state index in [-0.39, 0.29) is 34.4 Å². The number of anilines is 1. The highest BCUT2D eigenvalue weighted by molar-refractivity contribution is 8.00. The van der Waals surface area contributed by atoms with Crippen LogP contribution in [0.1, 0.15) is 31.9 Å². The second kappa shape index (κ2) is 10.7. The Kier molecular flexibility index (Phi) is 7.27. The molecule has 4 aliphatic heterocycles. The molecule has 1 unspecified atom stereocenters. The number of thioether (sulfide) groups is 1. The van der Waals surface area contributed by atoms with Gasteiger partial charge in [-0.05, 0) is 13.8 Å². The molecule has 4 aliphatic rings. The first-order valence-electron chi connectivity index (χ1n) is 13.5. The third-order valence-electron chi connectivity index (χ3n) is 8.29. The number of carbonyl (C=O) groups excluding carboxylic acids is 2. The van der Waals surface area contributed by atoms with E-state index >= 15 is 0 Å². The largest absolute Gasteiger partial charge is 0.478 e.